The lowest BCUT2D eigenvalue weighted by atomic mass is 10.2. The van der Waals surface area contributed by atoms with Gasteiger partial charge in [0.25, 0.3) is 0 Å². The van der Waals surface area contributed by atoms with Gasteiger partial charge >= 0.3 is 0 Å². The lowest BCUT2D eigenvalue weighted by Gasteiger charge is -2.03. The zero-order valence-electron chi connectivity index (χ0n) is 7.07. The van der Waals surface area contributed by atoms with Crippen LogP contribution in [0, 0.1) is 11.3 Å². The minimum Gasteiger partial charge on any atom is -0.240 e. The number of hydrogen-bond donors (Lipinski definition) is 0. The smallest absolute Gasteiger partial charge is 0.147 e. The second-order valence-electron chi connectivity index (χ2n) is 2.29. The standard InChI is InChI=1S/C8H8BrN3S/c1-13-7-2-3-11-8(12-7)6(4-9)5-10/h2-3,6H,4H2,1H3. The van der Waals surface area contributed by atoms with Crippen LogP contribution in [-0.2, 0) is 0 Å². The van der Waals surface area contributed by atoms with Gasteiger partial charge < -0.3 is 0 Å². The number of rotatable bonds is 3. The Morgan fingerprint density at radius 1 is 1.77 bits per heavy atom. The molecule has 0 amide bonds. The van der Waals surface area contributed by atoms with Gasteiger partial charge in [0.2, 0.25) is 0 Å². The van der Waals surface area contributed by atoms with Crippen LogP contribution in [0.15, 0.2) is 17.3 Å². The van der Waals surface area contributed by atoms with Crippen LogP contribution in [0.5, 0.6) is 0 Å². The lowest BCUT2D eigenvalue weighted by molar-refractivity contribution is 0.833. The molecule has 0 aliphatic carbocycles. The molecular formula is C8H8BrN3S. The van der Waals surface area contributed by atoms with Crippen LogP contribution >= 0.6 is 27.7 Å². The SMILES string of the molecule is CSc1ccnc(C(C#N)CBr)n1. The summed E-state index contributed by atoms with van der Waals surface area (Å²) in [6, 6.07) is 3.97. The van der Waals surface area contributed by atoms with E-state index in [1.165, 1.54) is 0 Å². The molecule has 1 unspecified atom stereocenters. The predicted octanol–water partition coefficient (Wildman–Crippen LogP) is 2.20. The van der Waals surface area contributed by atoms with Crippen LogP contribution in [0.3, 0.4) is 0 Å². The quantitative estimate of drug-likeness (QED) is 0.473. The Morgan fingerprint density at radius 3 is 3.08 bits per heavy atom. The first kappa shape index (κ1) is 10.5. The van der Waals surface area contributed by atoms with Gasteiger partial charge in [-0.2, -0.15) is 5.26 Å². The Hall–Kier alpha value is -0.600. The van der Waals surface area contributed by atoms with E-state index in [-0.39, 0.29) is 5.92 Å². The number of alkyl halides is 1. The van der Waals surface area contributed by atoms with Gasteiger partial charge in [0.05, 0.1) is 11.1 Å². The molecule has 1 atom stereocenters. The molecule has 0 aliphatic heterocycles. The first-order chi connectivity index (χ1) is 6.31. The molecule has 0 aliphatic rings. The van der Waals surface area contributed by atoms with Crippen LogP contribution < -0.4 is 0 Å². The van der Waals surface area contributed by atoms with Crippen molar-refractivity contribution >= 4 is 27.7 Å². The molecular weight excluding hydrogens is 250 g/mol. The van der Waals surface area contributed by atoms with E-state index in [9.17, 15) is 0 Å². The van der Waals surface area contributed by atoms with Crippen molar-refractivity contribution in [2.24, 2.45) is 0 Å². The molecule has 0 saturated carbocycles. The highest BCUT2D eigenvalue weighted by Crippen LogP contribution is 2.16. The second-order valence-corrected chi connectivity index (χ2v) is 3.77. The van der Waals surface area contributed by atoms with Crippen LogP contribution in [0.1, 0.15) is 11.7 Å². The number of hydrogen-bond acceptors (Lipinski definition) is 4. The molecule has 13 heavy (non-hydrogen) atoms. The number of aromatic nitrogens is 2. The molecule has 1 heterocycles. The highest BCUT2D eigenvalue weighted by molar-refractivity contribution is 9.09. The first-order valence-corrected chi connectivity index (χ1v) is 5.99. The summed E-state index contributed by atoms with van der Waals surface area (Å²) in [4.78, 5) is 8.28. The van der Waals surface area contributed by atoms with Crippen LogP contribution in [0.4, 0.5) is 0 Å². The molecule has 0 fully saturated rings. The molecule has 3 nitrogen and oxygen atoms in total. The van der Waals surface area contributed by atoms with E-state index >= 15 is 0 Å². The Bertz CT molecular complexity index is 323. The Labute approximate surface area is 89.7 Å². The van der Waals surface area contributed by atoms with Crippen molar-refractivity contribution < 1.29 is 0 Å². The van der Waals surface area contributed by atoms with Gasteiger partial charge in [-0.1, -0.05) is 15.9 Å². The van der Waals surface area contributed by atoms with Crippen molar-refractivity contribution in [2.75, 3.05) is 11.6 Å². The molecule has 0 spiro atoms. The van der Waals surface area contributed by atoms with Gasteiger partial charge in [-0.05, 0) is 12.3 Å². The van der Waals surface area contributed by atoms with Crippen LogP contribution in [0.2, 0.25) is 0 Å². The van der Waals surface area contributed by atoms with E-state index in [4.69, 9.17) is 5.26 Å². The van der Waals surface area contributed by atoms with E-state index in [2.05, 4.69) is 32.0 Å². The van der Waals surface area contributed by atoms with Gasteiger partial charge in [0, 0.05) is 11.5 Å². The maximum absolute atomic E-state index is 8.78. The third-order valence-electron chi connectivity index (χ3n) is 1.48. The van der Waals surface area contributed by atoms with Gasteiger partial charge in [0.1, 0.15) is 11.7 Å². The summed E-state index contributed by atoms with van der Waals surface area (Å²) in [6.45, 7) is 0. The highest BCUT2D eigenvalue weighted by Gasteiger charge is 2.11. The zero-order chi connectivity index (χ0) is 9.68. The summed E-state index contributed by atoms with van der Waals surface area (Å²) < 4.78 is 0. The van der Waals surface area contributed by atoms with E-state index in [0.717, 1.165) is 5.03 Å². The molecule has 0 radical (unpaired) electrons. The Kier molecular flexibility index (Phi) is 4.19. The number of nitrogens with zero attached hydrogens (tertiary/aromatic N) is 3. The minimum absolute atomic E-state index is 0.257. The predicted molar refractivity (Wildman–Crippen MR) is 56.0 cm³/mol. The summed E-state index contributed by atoms with van der Waals surface area (Å²) in [6.07, 6.45) is 3.63. The van der Waals surface area contributed by atoms with Crippen molar-refractivity contribution in [2.45, 2.75) is 10.9 Å². The van der Waals surface area contributed by atoms with Gasteiger partial charge in [-0.3, -0.25) is 0 Å². The summed E-state index contributed by atoms with van der Waals surface area (Å²) in [7, 11) is 0. The fourth-order valence-electron chi connectivity index (χ4n) is 0.799. The third kappa shape index (κ3) is 2.68. The fraction of sp³-hybridized carbons (Fsp3) is 0.375. The number of thioether (sulfide) groups is 1. The average Bonchev–Trinajstić information content (AvgIpc) is 2.20. The van der Waals surface area contributed by atoms with Crippen molar-refractivity contribution in [1.82, 2.24) is 9.97 Å². The lowest BCUT2D eigenvalue weighted by Crippen LogP contribution is -2.03. The number of nitriles is 1. The highest BCUT2D eigenvalue weighted by atomic mass is 79.9. The molecule has 0 N–H and O–H groups in total. The molecule has 68 valence electrons. The summed E-state index contributed by atoms with van der Waals surface area (Å²) in [5.41, 5.74) is 0. The molecule has 0 aromatic carbocycles. The summed E-state index contributed by atoms with van der Waals surface area (Å²) in [5.74, 6) is 0.332. The van der Waals surface area contributed by atoms with Crippen molar-refractivity contribution in [3.05, 3.63) is 18.1 Å². The van der Waals surface area contributed by atoms with Gasteiger partial charge in [0.15, 0.2) is 0 Å². The zero-order valence-corrected chi connectivity index (χ0v) is 9.47. The Balaban J connectivity index is 2.94. The van der Waals surface area contributed by atoms with E-state index in [1.807, 2.05) is 12.3 Å². The van der Waals surface area contributed by atoms with Crippen molar-refractivity contribution in [1.29, 1.82) is 5.26 Å². The second kappa shape index (κ2) is 5.20. The maximum Gasteiger partial charge on any atom is 0.147 e. The fourth-order valence-corrected chi connectivity index (χ4v) is 1.62. The maximum atomic E-state index is 8.78. The molecule has 1 aromatic rings. The first-order valence-electron chi connectivity index (χ1n) is 3.64. The largest absolute Gasteiger partial charge is 0.240 e. The van der Waals surface area contributed by atoms with E-state index < -0.39 is 0 Å². The normalized spacial score (nSPS) is 12.1. The molecule has 1 aromatic heterocycles. The summed E-state index contributed by atoms with van der Waals surface area (Å²) in [5, 5.41) is 10.2. The van der Waals surface area contributed by atoms with Gasteiger partial charge in [-0.15, -0.1) is 11.8 Å². The van der Waals surface area contributed by atoms with Gasteiger partial charge in [-0.25, -0.2) is 9.97 Å². The average molecular weight is 258 g/mol. The molecule has 0 bridgehead atoms. The molecule has 0 saturated heterocycles. The van der Waals surface area contributed by atoms with Crippen molar-refractivity contribution in [3.63, 3.8) is 0 Å². The monoisotopic (exact) mass is 257 g/mol. The molecule has 1 rings (SSSR count). The minimum atomic E-state index is -0.257. The van der Waals surface area contributed by atoms with E-state index in [1.54, 1.807) is 18.0 Å². The Morgan fingerprint density at radius 2 is 2.54 bits per heavy atom. The van der Waals surface area contributed by atoms with Crippen molar-refractivity contribution in [3.8, 4) is 6.07 Å². The van der Waals surface area contributed by atoms with Crippen LogP contribution in [0.25, 0.3) is 0 Å². The summed E-state index contributed by atoms with van der Waals surface area (Å²) >= 11 is 4.80. The topological polar surface area (TPSA) is 49.6 Å². The molecule has 5 heteroatoms. The third-order valence-corrected chi connectivity index (χ3v) is 2.77. The van der Waals surface area contributed by atoms with Crippen LogP contribution in [-0.4, -0.2) is 21.6 Å². The van der Waals surface area contributed by atoms with E-state index in [0.29, 0.717) is 11.2 Å². The number of halogens is 1.